The minimum absolute atomic E-state index is 0.0244. The van der Waals surface area contributed by atoms with E-state index in [1.807, 2.05) is 31.2 Å². The maximum Gasteiger partial charge on any atom is 0.339 e. The Labute approximate surface area is 122 Å². The lowest BCUT2D eigenvalue weighted by Crippen LogP contribution is -2.22. The second kappa shape index (κ2) is 6.26. The highest BCUT2D eigenvalue weighted by atomic mass is 16.4. The van der Waals surface area contributed by atoms with Gasteiger partial charge in [-0.25, -0.2) is 4.79 Å². The third-order valence-electron chi connectivity index (χ3n) is 3.16. The molecule has 1 aromatic carbocycles. The Morgan fingerprint density at radius 1 is 1.24 bits per heavy atom. The van der Waals surface area contributed by atoms with Gasteiger partial charge in [0.2, 0.25) is 0 Å². The first-order valence-electron chi connectivity index (χ1n) is 6.71. The van der Waals surface area contributed by atoms with Gasteiger partial charge in [0.15, 0.2) is 5.76 Å². The van der Waals surface area contributed by atoms with Crippen LogP contribution in [0, 0.1) is 6.92 Å². The molecule has 5 heteroatoms. The van der Waals surface area contributed by atoms with Crippen LogP contribution < -0.4 is 5.32 Å². The van der Waals surface area contributed by atoms with Gasteiger partial charge < -0.3 is 14.8 Å². The minimum atomic E-state index is -1.09. The largest absolute Gasteiger partial charge is 0.478 e. The number of aryl methyl sites for hydroxylation is 2. The van der Waals surface area contributed by atoms with Crippen molar-refractivity contribution in [1.29, 1.82) is 0 Å². The summed E-state index contributed by atoms with van der Waals surface area (Å²) in [5, 5.41) is 11.7. The molecule has 0 bridgehead atoms. The van der Waals surface area contributed by atoms with Crippen molar-refractivity contribution in [3.63, 3.8) is 0 Å². The number of carbonyl (C=O) groups is 2. The molecule has 0 radical (unpaired) electrons. The Balaban J connectivity index is 2.06. The van der Waals surface area contributed by atoms with Gasteiger partial charge in [-0.2, -0.15) is 0 Å². The fraction of sp³-hybridized carbons (Fsp3) is 0.250. The van der Waals surface area contributed by atoms with Crippen molar-refractivity contribution < 1.29 is 19.1 Å². The summed E-state index contributed by atoms with van der Waals surface area (Å²) in [5.41, 5.74) is 2.16. The summed E-state index contributed by atoms with van der Waals surface area (Å²) in [6, 6.07) is 9.06. The molecule has 2 N–H and O–H groups in total. The molecule has 0 saturated carbocycles. The Morgan fingerprint density at radius 2 is 1.90 bits per heavy atom. The summed E-state index contributed by atoms with van der Waals surface area (Å²) in [5.74, 6) is -1.18. The molecular formula is C16H17NO4. The van der Waals surface area contributed by atoms with Crippen LogP contribution in [0.4, 0.5) is 0 Å². The predicted molar refractivity (Wildman–Crippen MR) is 77.4 cm³/mol. The molecule has 110 valence electrons. The first kappa shape index (κ1) is 14.8. The van der Waals surface area contributed by atoms with Gasteiger partial charge in [-0.05, 0) is 12.5 Å². The number of furan rings is 1. The lowest BCUT2D eigenvalue weighted by molar-refractivity contribution is 0.0694. The van der Waals surface area contributed by atoms with E-state index in [1.54, 1.807) is 6.92 Å². The van der Waals surface area contributed by atoms with E-state index in [2.05, 4.69) is 5.32 Å². The number of amides is 1. The van der Waals surface area contributed by atoms with E-state index in [1.165, 1.54) is 6.07 Å². The molecule has 0 spiro atoms. The van der Waals surface area contributed by atoms with Crippen LogP contribution in [0.25, 0.3) is 0 Å². The number of hydrogen-bond donors (Lipinski definition) is 2. The Kier molecular flexibility index (Phi) is 4.42. The average molecular weight is 287 g/mol. The lowest BCUT2D eigenvalue weighted by atomic mass is 10.1. The quantitative estimate of drug-likeness (QED) is 0.886. The third kappa shape index (κ3) is 3.51. The third-order valence-corrected chi connectivity index (χ3v) is 3.16. The Bertz CT molecular complexity index is 655. The number of nitrogens with one attached hydrogen (secondary N) is 1. The molecule has 2 aromatic rings. The molecule has 0 aliphatic rings. The Morgan fingerprint density at radius 3 is 2.43 bits per heavy atom. The van der Waals surface area contributed by atoms with E-state index < -0.39 is 11.9 Å². The highest BCUT2D eigenvalue weighted by Crippen LogP contribution is 2.16. The van der Waals surface area contributed by atoms with Gasteiger partial charge in [-0.15, -0.1) is 0 Å². The van der Waals surface area contributed by atoms with Crippen LogP contribution in [0.2, 0.25) is 0 Å². The van der Waals surface area contributed by atoms with E-state index in [0.717, 1.165) is 11.1 Å². The molecule has 0 aliphatic heterocycles. The van der Waals surface area contributed by atoms with Crippen molar-refractivity contribution in [2.45, 2.75) is 26.8 Å². The standard InChI is InChI=1S/C16H17NO4/c1-3-13-12(16(19)20)8-14(21-13)15(18)17-9-11-6-4-10(2)5-7-11/h4-8H,3,9H2,1-2H3,(H,17,18)(H,19,20). The number of benzene rings is 1. The topological polar surface area (TPSA) is 79.5 Å². The summed E-state index contributed by atoms with van der Waals surface area (Å²) in [6.45, 7) is 4.13. The monoisotopic (exact) mass is 287 g/mol. The average Bonchev–Trinajstić information content (AvgIpc) is 2.91. The molecule has 0 aliphatic carbocycles. The maximum absolute atomic E-state index is 12.0. The smallest absolute Gasteiger partial charge is 0.339 e. The van der Waals surface area contributed by atoms with E-state index in [-0.39, 0.29) is 11.3 Å². The molecule has 0 saturated heterocycles. The molecule has 0 atom stereocenters. The molecule has 1 heterocycles. The summed E-state index contributed by atoms with van der Waals surface area (Å²) in [4.78, 5) is 23.0. The number of aromatic carboxylic acids is 1. The van der Waals surface area contributed by atoms with Gasteiger partial charge in [0.1, 0.15) is 11.3 Å². The van der Waals surface area contributed by atoms with Crippen molar-refractivity contribution in [3.8, 4) is 0 Å². The van der Waals surface area contributed by atoms with Crippen molar-refractivity contribution in [2.24, 2.45) is 0 Å². The first-order valence-corrected chi connectivity index (χ1v) is 6.71. The van der Waals surface area contributed by atoms with E-state index in [9.17, 15) is 9.59 Å². The molecule has 21 heavy (non-hydrogen) atoms. The fourth-order valence-corrected chi connectivity index (χ4v) is 1.96. The summed E-state index contributed by atoms with van der Waals surface area (Å²) in [6.07, 6.45) is 0.423. The first-order chi connectivity index (χ1) is 10.0. The van der Waals surface area contributed by atoms with Crippen molar-refractivity contribution >= 4 is 11.9 Å². The molecule has 5 nitrogen and oxygen atoms in total. The zero-order chi connectivity index (χ0) is 15.4. The lowest BCUT2D eigenvalue weighted by Gasteiger charge is -2.03. The van der Waals surface area contributed by atoms with Gasteiger partial charge in [-0.3, -0.25) is 4.79 Å². The number of rotatable bonds is 5. The fourth-order valence-electron chi connectivity index (χ4n) is 1.96. The Hall–Kier alpha value is -2.56. The summed E-state index contributed by atoms with van der Waals surface area (Å²) < 4.78 is 5.30. The van der Waals surface area contributed by atoms with E-state index >= 15 is 0 Å². The second-order valence-electron chi connectivity index (χ2n) is 4.77. The van der Waals surface area contributed by atoms with Crippen LogP contribution in [0.5, 0.6) is 0 Å². The van der Waals surface area contributed by atoms with Crippen molar-refractivity contribution in [1.82, 2.24) is 5.32 Å². The molecular weight excluding hydrogens is 270 g/mol. The van der Waals surface area contributed by atoms with Crippen LogP contribution in [0.15, 0.2) is 34.7 Å². The van der Waals surface area contributed by atoms with Gasteiger partial charge in [0.25, 0.3) is 5.91 Å². The molecule has 2 rings (SSSR count). The van der Waals surface area contributed by atoms with Gasteiger partial charge in [0, 0.05) is 19.0 Å². The number of hydrogen-bond acceptors (Lipinski definition) is 3. The number of carboxylic acid groups (broad SMARTS) is 1. The SMILES string of the molecule is CCc1oc(C(=O)NCc2ccc(C)cc2)cc1C(=O)O. The van der Waals surface area contributed by atoms with E-state index in [4.69, 9.17) is 9.52 Å². The van der Waals surface area contributed by atoms with Crippen LogP contribution in [0.3, 0.4) is 0 Å². The summed E-state index contributed by atoms with van der Waals surface area (Å²) in [7, 11) is 0. The van der Waals surface area contributed by atoms with Crippen LogP contribution in [-0.2, 0) is 13.0 Å². The zero-order valence-corrected chi connectivity index (χ0v) is 12.0. The second-order valence-corrected chi connectivity index (χ2v) is 4.77. The zero-order valence-electron chi connectivity index (χ0n) is 12.0. The van der Waals surface area contributed by atoms with Gasteiger partial charge >= 0.3 is 5.97 Å². The highest BCUT2D eigenvalue weighted by Gasteiger charge is 2.19. The van der Waals surface area contributed by atoms with E-state index in [0.29, 0.717) is 18.7 Å². The number of carboxylic acids is 1. The molecule has 0 fully saturated rings. The van der Waals surface area contributed by atoms with Gasteiger partial charge in [-0.1, -0.05) is 36.8 Å². The van der Waals surface area contributed by atoms with Gasteiger partial charge in [0.05, 0.1) is 0 Å². The van der Waals surface area contributed by atoms with Crippen LogP contribution in [-0.4, -0.2) is 17.0 Å². The molecule has 1 aromatic heterocycles. The predicted octanol–water partition coefficient (Wildman–Crippen LogP) is 2.78. The van der Waals surface area contributed by atoms with Crippen LogP contribution >= 0.6 is 0 Å². The van der Waals surface area contributed by atoms with Crippen LogP contribution in [0.1, 0.15) is 44.7 Å². The molecule has 1 amide bonds. The maximum atomic E-state index is 12.0. The molecule has 0 unspecified atom stereocenters. The van der Waals surface area contributed by atoms with Crippen molar-refractivity contribution in [2.75, 3.05) is 0 Å². The number of carbonyl (C=O) groups excluding carboxylic acids is 1. The minimum Gasteiger partial charge on any atom is -0.478 e. The van der Waals surface area contributed by atoms with Crippen molar-refractivity contribution in [3.05, 3.63) is 58.5 Å². The normalized spacial score (nSPS) is 10.4. The highest BCUT2D eigenvalue weighted by molar-refractivity contribution is 5.96. The summed E-state index contributed by atoms with van der Waals surface area (Å²) >= 11 is 0.